The largest absolute Gasteiger partial charge is 0.354 e. The van der Waals surface area contributed by atoms with Crippen LogP contribution in [0, 0.1) is 5.92 Å². The van der Waals surface area contributed by atoms with Gasteiger partial charge in [-0.25, -0.2) is 4.98 Å². The van der Waals surface area contributed by atoms with Gasteiger partial charge in [-0.2, -0.15) is 0 Å². The minimum atomic E-state index is 0. The first-order valence-electron chi connectivity index (χ1n) is 8.11. The Morgan fingerprint density at radius 1 is 1.21 bits per heavy atom. The third kappa shape index (κ3) is 6.14. The molecule has 0 bridgehead atoms. The van der Waals surface area contributed by atoms with Gasteiger partial charge in [0, 0.05) is 32.0 Å². The second-order valence-corrected chi connectivity index (χ2v) is 6.06. The fourth-order valence-electron chi connectivity index (χ4n) is 2.17. The Bertz CT molecular complexity index is 621. The number of hydrogen-bond acceptors (Lipinski definition) is 2. The highest BCUT2D eigenvalue weighted by molar-refractivity contribution is 14.0. The molecule has 2 aromatic rings. The van der Waals surface area contributed by atoms with Crippen LogP contribution in [0.2, 0.25) is 0 Å². The molecule has 0 aliphatic carbocycles. The molecule has 0 saturated heterocycles. The van der Waals surface area contributed by atoms with Crippen molar-refractivity contribution >= 4 is 29.9 Å². The minimum Gasteiger partial charge on any atom is -0.354 e. The Morgan fingerprint density at radius 2 is 1.92 bits per heavy atom. The Labute approximate surface area is 162 Å². The van der Waals surface area contributed by atoms with Crippen LogP contribution in [0.1, 0.15) is 32.2 Å². The van der Waals surface area contributed by atoms with Gasteiger partial charge in [0.05, 0.1) is 6.54 Å². The lowest BCUT2D eigenvalue weighted by molar-refractivity contribution is 0.480. The van der Waals surface area contributed by atoms with Crippen molar-refractivity contribution in [3.63, 3.8) is 0 Å². The molecule has 0 saturated carbocycles. The number of aromatic nitrogens is 2. The van der Waals surface area contributed by atoms with Crippen molar-refractivity contribution in [3.05, 3.63) is 54.1 Å². The van der Waals surface area contributed by atoms with Crippen LogP contribution in [0.5, 0.6) is 0 Å². The summed E-state index contributed by atoms with van der Waals surface area (Å²) in [6.07, 6.45) is 3.85. The maximum absolute atomic E-state index is 4.45. The number of halogens is 1. The maximum Gasteiger partial charge on any atom is 0.191 e. The molecule has 132 valence electrons. The molecule has 2 N–H and O–H groups in total. The molecule has 6 heteroatoms. The molecule has 2 rings (SSSR count). The molecule has 1 unspecified atom stereocenters. The van der Waals surface area contributed by atoms with E-state index in [0.29, 0.717) is 18.5 Å². The predicted molar refractivity (Wildman–Crippen MR) is 111 cm³/mol. The van der Waals surface area contributed by atoms with Gasteiger partial charge in [-0.05, 0) is 18.4 Å². The molecule has 0 aliphatic rings. The number of nitrogens with one attached hydrogen (secondary N) is 2. The molecule has 24 heavy (non-hydrogen) atoms. The van der Waals surface area contributed by atoms with E-state index in [9.17, 15) is 0 Å². The van der Waals surface area contributed by atoms with Gasteiger partial charge in [0.25, 0.3) is 0 Å². The zero-order valence-corrected chi connectivity index (χ0v) is 17.2. The first-order chi connectivity index (χ1) is 11.1. The number of guanidine groups is 1. The summed E-state index contributed by atoms with van der Waals surface area (Å²) in [4.78, 5) is 8.73. The number of aliphatic imine (C=N–C) groups is 1. The van der Waals surface area contributed by atoms with E-state index in [1.807, 2.05) is 18.5 Å². The Balaban J connectivity index is 0.00000288. The van der Waals surface area contributed by atoms with E-state index >= 15 is 0 Å². The summed E-state index contributed by atoms with van der Waals surface area (Å²) in [6, 6.07) is 10.8. The highest BCUT2D eigenvalue weighted by Gasteiger charge is 2.10. The maximum atomic E-state index is 4.45. The van der Waals surface area contributed by atoms with Gasteiger partial charge < -0.3 is 15.2 Å². The number of nitrogens with zero attached hydrogens (tertiary/aromatic N) is 3. The van der Waals surface area contributed by atoms with Gasteiger partial charge >= 0.3 is 0 Å². The molecule has 0 radical (unpaired) electrons. The lowest BCUT2D eigenvalue weighted by atomic mass is 10.1. The topological polar surface area (TPSA) is 54.2 Å². The van der Waals surface area contributed by atoms with E-state index in [1.165, 1.54) is 5.56 Å². The van der Waals surface area contributed by atoms with Crippen LogP contribution in [0.4, 0.5) is 0 Å². The van der Waals surface area contributed by atoms with Crippen molar-refractivity contribution in [1.82, 2.24) is 20.2 Å². The molecule has 1 heterocycles. The quantitative estimate of drug-likeness (QED) is 0.411. The van der Waals surface area contributed by atoms with E-state index in [4.69, 9.17) is 0 Å². The van der Waals surface area contributed by atoms with Crippen molar-refractivity contribution in [1.29, 1.82) is 0 Å². The van der Waals surface area contributed by atoms with Gasteiger partial charge in [-0.15, -0.1) is 24.0 Å². The van der Waals surface area contributed by atoms with Crippen LogP contribution in [-0.2, 0) is 13.1 Å². The number of rotatable bonds is 6. The second kappa shape index (κ2) is 10.3. The third-order valence-electron chi connectivity index (χ3n) is 4.00. The number of imidazole rings is 1. The summed E-state index contributed by atoms with van der Waals surface area (Å²) in [7, 11) is 1.79. The highest BCUT2D eigenvalue weighted by Crippen LogP contribution is 2.05. The Morgan fingerprint density at radius 3 is 2.54 bits per heavy atom. The van der Waals surface area contributed by atoms with Gasteiger partial charge in [-0.1, -0.05) is 44.2 Å². The standard InChI is InChI=1S/C18H27N5.HI/c1-14(2)15(3)22-18(19-4)21-12-17-20-10-11-23(17)13-16-8-6-5-7-9-16;/h5-11,14-15H,12-13H2,1-4H3,(H2,19,21,22);1H. The van der Waals surface area contributed by atoms with E-state index in [1.54, 1.807) is 7.05 Å². The van der Waals surface area contributed by atoms with E-state index in [2.05, 4.69) is 70.2 Å². The van der Waals surface area contributed by atoms with Crippen LogP contribution >= 0.6 is 24.0 Å². The van der Waals surface area contributed by atoms with Crippen molar-refractivity contribution in [3.8, 4) is 0 Å². The summed E-state index contributed by atoms with van der Waals surface area (Å²) in [5, 5.41) is 6.74. The van der Waals surface area contributed by atoms with E-state index in [0.717, 1.165) is 18.3 Å². The fraction of sp³-hybridized carbons (Fsp3) is 0.444. The Kier molecular flexibility index (Phi) is 8.81. The predicted octanol–water partition coefficient (Wildman–Crippen LogP) is 3.26. The van der Waals surface area contributed by atoms with Crippen LogP contribution in [0.15, 0.2) is 47.7 Å². The zero-order valence-electron chi connectivity index (χ0n) is 14.9. The monoisotopic (exact) mass is 441 g/mol. The summed E-state index contributed by atoms with van der Waals surface area (Å²) in [6.45, 7) is 8.01. The molecular formula is C18H28IN5. The van der Waals surface area contributed by atoms with E-state index < -0.39 is 0 Å². The molecule has 1 aromatic heterocycles. The van der Waals surface area contributed by atoms with Crippen LogP contribution in [-0.4, -0.2) is 28.6 Å². The molecule has 0 spiro atoms. The van der Waals surface area contributed by atoms with Crippen molar-refractivity contribution in [2.24, 2.45) is 10.9 Å². The second-order valence-electron chi connectivity index (χ2n) is 6.06. The fourth-order valence-corrected chi connectivity index (χ4v) is 2.17. The highest BCUT2D eigenvalue weighted by atomic mass is 127. The van der Waals surface area contributed by atoms with Gasteiger partial charge in [0.15, 0.2) is 5.96 Å². The summed E-state index contributed by atoms with van der Waals surface area (Å²) in [5.74, 6) is 2.35. The first kappa shape index (κ1) is 20.5. The lowest BCUT2D eigenvalue weighted by Gasteiger charge is -2.20. The summed E-state index contributed by atoms with van der Waals surface area (Å²) >= 11 is 0. The van der Waals surface area contributed by atoms with Crippen molar-refractivity contribution < 1.29 is 0 Å². The summed E-state index contributed by atoms with van der Waals surface area (Å²) in [5.41, 5.74) is 1.27. The first-order valence-corrected chi connectivity index (χ1v) is 8.11. The molecule has 0 fully saturated rings. The van der Waals surface area contributed by atoms with E-state index in [-0.39, 0.29) is 24.0 Å². The molecule has 1 atom stereocenters. The van der Waals surface area contributed by atoms with Gasteiger partial charge in [0.1, 0.15) is 5.82 Å². The van der Waals surface area contributed by atoms with Crippen LogP contribution < -0.4 is 10.6 Å². The zero-order chi connectivity index (χ0) is 16.7. The van der Waals surface area contributed by atoms with Crippen molar-refractivity contribution in [2.45, 2.75) is 39.9 Å². The number of benzene rings is 1. The molecule has 5 nitrogen and oxygen atoms in total. The molecule has 0 amide bonds. The third-order valence-corrected chi connectivity index (χ3v) is 4.00. The normalized spacial score (nSPS) is 12.6. The summed E-state index contributed by atoms with van der Waals surface area (Å²) < 4.78 is 2.15. The molecule has 0 aliphatic heterocycles. The molecular weight excluding hydrogens is 413 g/mol. The van der Waals surface area contributed by atoms with Crippen molar-refractivity contribution in [2.75, 3.05) is 7.05 Å². The SMILES string of the molecule is CN=C(NCc1nccn1Cc1ccccc1)NC(C)C(C)C.I. The lowest BCUT2D eigenvalue weighted by Crippen LogP contribution is -2.44. The molecule has 1 aromatic carbocycles. The van der Waals surface area contributed by atoms with Gasteiger partial charge in [0.2, 0.25) is 0 Å². The Hall–Kier alpha value is -1.57. The average Bonchev–Trinajstić information content (AvgIpc) is 2.99. The van der Waals surface area contributed by atoms with Crippen LogP contribution in [0.3, 0.4) is 0 Å². The number of hydrogen-bond donors (Lipinski definition) is 2. The average molecular weight is 441 g/mol. The van der Waals surface area contributed by atoms with Crippen LogP contribution in [0.25, 0.3) is 0 Å². The smallest absolute Gasteiger partial charge is 0.191 e. The van der Waals surface area contributed by atoms with Gasteiger partial charge in [-0.3, -0.25) is 4.99 Å². The minimum absolute atomic E-state index is 0.